The molecule has 1 nitrogen and oxygen atoms in total. The molecule has 0 heterocycles. The van der Waals surface area contributed by atoms with Gasteiger partial charge in [0.05, 0.1) is 0 Å². The quantitative estimate of drug-likeness (QED) is 0.355. The van der Waals surface area contributed by atoms with Crippen LogP contribution in [0, 0.1) is 0 Å². The van der Waals surface area contributed by atoms with Crippen molar-refractivity contribution in [2.45, 2.75) is 0 Å². The van der Waals surface area contributed by atoms with Crippen LogP contribution in [0.5, 0.6) is 0 Å². The van der Waals surface area contributed by atoms with Crippen LogP contribution in [-0.4, -0.2) is 48.3 Å². The van der Waals surface area contributed by atoms with Gasteiger partial charge in [-0.15, -0.1) is 0 Å². The van der Waals surface area contributed by atoms with Crippen LogP contribution < -0.4 is 0 Å². The standard InChI is InChI=1S/CH4B6O/c1-8-7-6-5-4-3-2/h2H,1H3. The number of hydrogen-bond acceptors (Lipinski definition) is 1. The molecule has 0 aliphatic heterocycles. The first-order chi connectivity index (χ1) is 3.91. The fraction of sp³-hybridized carbons (Fsp3) is 1.00. The van der Waals surface area contributed by atoms with Crippen LogP contribution >= 0.6 is 0 Å². The normalized spacial score (nSPS) is 6.00. The van der Waals surface area contributed by atoms with Gasteiger partial charge in [-0.05, 0) is 0 Å². The zero-order valence-electron chi connectivity index (χ0n) is 5.00. The summed E-state index contributed by atoms with van der Waals surface area (Å²) in [5, 5.41) is 0. The fourth-order valence-electron chi connectivity index (χ4n) is 0.267. The Morgan fingerprint density at radius 2 is 2.00 bits per heavy atom. The zero-order valence-corrected chi connectivity index (χ0v) is 5.00. The summed E-state index contributed by atoms with van der Waals surface area (Å²) in [6.45, 7) is 7.17. The van der Waals surface area contributed by atoms with E-state index in [0.717, 1.165) is 0 Å². The molecule has 0 aliphatic carbocycles. The minimum absolute atomic E-state index is 1.60. The molecule has 0 aromatic heterocycles. The molecular weight excluding hydrogens is 92.9 g/mol. The Bertz CT molecular complexity index is 105. The third kappa shape index (κ3) is 6.19. The maximum atomic E-state index is 4.62. The van der Waals surface area contributed by atoms with E-state index in [4.69, 9.17) is 0 Å². The predicted octanol–water partition coefficient (Wildman–Crippen LogP) is -2.46. The Balaban J connectivity index is 3.26. The second kappa shape index (κ2) is 7.19. The Morgan fingerprint density at radius 1 is 1.25 bits per heavy atom. The van der Waals surface area contributed by atoms with Gasteiger partial charge in [-0.25, -0.2) is 0 Å². The molecule has 0 aromatic rings. The molecule has 7 heteroatoms. The van der Waals surface area contributed by atoms with Crippen molar-refractivity contribution >= 4 is 41.1 Å². The second-order valence-corrected chi connectivity index (χ2v) is 1.18. The van der Waals surface area contributed by atoms with Gasteiger partial charge in [0.15, 0.2) is 0 Å². The van der Waals surface area contributed by atoms with Crippen molar-refractivity contribution < 1.29 is 4.65 Å². The first-order valence-electron chi connectivity index (χ1n) is 2.39. The fourth-order valence-corrected chi connectivity index (χ4v) is 0.267. The number of hydrogen-bond donors (Lipinski definition) is 0. The molecule has 8 heavy (non-hydrogen) atoms. The molecule has 0 saturated carbocycles. The Labute approximate surface area is 53.7 Å². The molecule has 0 amide bonds. The van der Waals surface area contributed by atoms with Crippen LogP contribution in [0.2, 0.25) is 0 Å². The Morgan fingerprint density at radius 3 is 2.50 bits per heavy atom. The monoisotopic (exact) mass is 98.1 g/mol. The van der Waals surface area contributed by atoms with Crippen LogP contribution in [0.3, 0.4) is 0 Å². The average molecular weight is 96.9 g/mol. The first-order valence-corrected chi connectivity index (χ1v) is 2.39. The van der Waals surface area contributed by atoms with Gasteiger partial charge in [-0.1, -0.05) is 0 Å². The maximum absolute atomic E-state index is 4.62. The van der Waals surface area contributed by atoms with Crippen molar-refractivity contribution in [1.29, 1.82) is 0 Å². The minimum atomic E-state index is 1.60. The van der Waals surface area contributed by atoms with Gasteiger partial charge in [0.1, 0.15) is 0 Å². The van der Waals surface area contributed by atoms with Crippen LogP contribution in [0.1, 0.15) is 0 Å². The van der Waals surface area contributed by atoms with Crippen molar-refractivity contribution in [1.82, 2.24) is 0 Å². The second-order valence-electron chi connectivity index (χ2n) is 1.18. The summed E-state index contributed by atoms with van der Waals surface area (Å²) < 4.78 is 4.62. The van der Waals surface area contributed by atoms with Crippen molar-refractivity contribution in [2.24, 2.45) is 0 Å². The van der Waals surface area contributed by atoms with E-state index in [-0.39, 0.29) is 0 Å². The topological polar surface area (TPSA) is 9.23 Å². The molecule has 0 aliphatic rings. The number of rotatable bonds is 3. The van der Waals surface area contributed by atoms with Crippen LogP contribution in [0.25, 0.3) is 0 Å². The molecule has 0 radical (unpaired) electrons. The molecule has 0 unspecified atom stereocenters. The first kappa shape index (κ1) is 8.19. The molecular formula is CH4B6O. The van der Waals surface area contributed by atoms with E-state index in [9.17, 15) is 0 Å². The van der Waals surface area contributed by atoms with Gasteiger partial charge in [-0.3, -0.25) is 0 Å². The van der Waals surface area contributed by atoms with Gasteiger partial charge in [0, 0.05) is 0 Å². The Kier molecular flexibility index (Phi) is 7.36. The van der Waals surface area contributed by atoms with Gasteiger partial charge in [-0.2, -0.15) is 0 Å². The van der Waals surface area contributed by atoms with Crippen molar-refractivity contribution in [3.63, 3.8) is 0 Å². The molecule has 0 bridgehead atoms. The molecule has 32 valence electrons. The summed E-state index contributed by atoms with van der Waals surface area (Å²) in [5.74, 6) is 0. The van der Waals surface area contributed by atoms with E-state index >= 15 is 0 Å². The van der Waals surface area contributed by atoms with E-state index in [2.05, 4.69) is 12.0 Å². The summed E-state index contributed by atoms with van der Waals surface area (Å²) in [6.07, 6.45) is 0. The van der Waals surface area contributed by atoms with Gasteiger partial charge in [0.25, 0.3) is 0 Å². The van der Waals surface area contributed by atoms with Crippen molar-refractivity contribution in [3.05, 3.63) is 0 Å². The third-order valence-electron chi connectivity index (χ3n) is 0.573. The Hall–Kier alpha value is 0.190. The van der Waals surface area contributed by atoms with E-state index in [1.807, 2.05) is 13.4 Å². The molecule has 0 spiro atoms. The molecule has 0 aromatic carbocycles. The van der Waals surface area contributed by atoms with Crippen molar-refractivity contribution in [2.75, 3.05) is 7.11 Å². The van der Waals surface area contributed by atoms with E-state index in [1.54, 1.807) is 27.5 Å². The van der Waals surface area contributed by atoms with Crippen LogP contribution in [-0.2, 0) is 4.65 Å². The molecule has 0 fully saturated rings. The average Bonchev–Trinajstić information content (AvgIpc) is 1.81. The summed E-state index contributed by atoms with van der Waals surface area (Å²) in [4.78, 5) is 0. The van der Waals surface area contributed by atoms with Crippen molar-refractivity contribution in [3.8, 4) is 0 Å². The molecule has 0 saturated heterocycles. The van der Waals surface area contributed by atoms with Gasteiger partial charge >= 0.3 is 52.9 Å². The van der Waals surface area contributed by atoms with E-state index in [0.29, 0.717) is 0 Å². The SMILES string of the molecule is B=BB=BB=BOC. The summed E-state index contributed by atoms with van der Waals surface area (Å²) in [6, 6.07) is 0. The molecule has 0 rings (SSSR count). The summed E-state index contributed by atoms with van der Waals surface area (Å²) in [5.41, 5.74) is 0. The van der Waals surface area contributed by atoms with Crippen LogP contribution in [0.4, 0.5) is 0 Å². The van der Waals surface area contributed by atoms with E-state index in [1.165, 1.54) is 0 Å². The third-order valence-corrected chi connectivity index (χ3v) is 0.573. The van der Waals surface area contributed by atoms with Crippen LogP contribution in [0.15, 0.2) is 0 Å². The van der Waals surface area contributed by atoms with Gasteiger partial charge < -0.3 is 0 Å². The molecule has 0 atom stereocenters. The summed E-state index contributed by atoms with van der Waals surface area (Å²) >= 11 is 0. The zero-order chi connectivity index (χ0) is 6.24. The predicted molar refractivity (Wildman–Crippen MR) is 42.9 cm³/mol. The summed E-state index contributed by atoms with van der Waals surface area (Å²) in [7, 11) is 6.70. The van der Waals surface area contributed by atoms with Gasteiger partial charge in [0.2, 0.25) is 0 Å². The molecule has 0 N–H and O–H groups in total. The van der Waals surface area contributed by atoms with E-state index < -0.39 is 0 Å².